The average molecular weight is 352 g/mol. The van der Waals surface area contributed by atoms with Gasteiger partial charge in [-0.25, -0.2) is 4.98 Å². The average Bonchev–Trinajstić information content (AvgIpc) is 2.87. The molecule has 1 heterocycles. The molecule has 0 bridgehead atoms. The SMILES string of the molecule is CC(C)N(CC(=O)O)Cc1ncc(-c2ccc(Br)cc2)[nH]1. The van der Waals surface area contributed by atoms with Gasteiger partial charge < -0.3 is 10.1 Å². The predicted molar refractivity (Wildman–Crippen MR) is 84.9 cm³/mol. The fraction of sp³-hybridized carbons (Fsp3) is 0.333. The number of H-pyrrole nitrogens is 1. The summed E-state index contributed by atoms with van der Waals surface area (Å²) in [5.74, 6) is -0.0637. The van der Waals surface area contributed by atoms with Crippen LogP contribution in [0.5, 0.6) is 0 Å². The van der Waals surface area contributed by atoms with Gasteiger partial charge in [0.1, 0.15) is 5.82 Å². The van der Waals surface area contributed by atoms with Crippen LogP contribution in [-0.4, -0.2) is 38.5 Å². The maximum Gasteiger partial charge on any atom is 0.317 e. The number of aromatic amines is 1. The fourth-order valence-electron chi connectivity index (χ4n) is 2.01. The number of carboxylic acid groups (broad SMARTS) is 1. The molecule has 0 unspecified atom stereocenters. The van der Waals surface area contributed by atoms with Crippen molar-refractivity contribution in [2.24, 2.45) is 0 Å². The van der Waals surface area contributed by atoms with Gasteiger partial charge in [0.2, 0.25) is 0 Å². The highest BCUT2D eigenvalue weighted by Crippen LogP contribution is 2.20. The standard InChI is InChI=1S/C15H18BrN3O2/c1-10(2)19(9-15(20)21)8-14-17-7-13(18-14)11-3-5-12(16)6-4-11/h3-7,10H,8-9H2,1-2H3,(H,17,18)(H,20,21). The molecule has 5 nitrogen and oxygen atoms in total. The van der Waals surface area contributed by atoms with Crippen LogP contribution in [0.25, 0.3) is 11.3 Å². The molecule has 2 rings (SSSR count). The van der Waals surface area contributed by atoms with E-state index in [0.29, 0.717) is 6.54 Å². The molecule has 21 heavy (non-hydrogen) atoms. The number of carbonyl (C=O) groups is 1. The van der Waals surface area contributed by atoms with Crippen molar-refractivity contribution >= 4 is 21.9 Å². The molecule has 0 spiro atoms. The zero-order valence-corrected chi connectivity index (χ0v) is 13.6. The first-order chi connectivity index (χ1) is 9.95. The third-order valence-electron chi connectivity index (χ3n) is 3.21. The second-order valence-corrected chi connectivity index (χ2v) is 6.06. The van der Waals surface area contributed by atoms with E-state index in [-0.39, 0.29) is 12.6 Å². The van der Waals surface area contributed by atoms with Crippen LogP contribution >= 0.6 is 15.9 Å². The Kier molecular flexibility index (Phi) is 5.14. The number of aromatic nitrogens is 2. The molecular formula is C15H18BrN3O2. The first-order valence-corrected chi connectivity index (χ1v) is 7.50. The van der Waals surface area contributed by atoms with Gasteiger partial charge in [-0.3, -0.25) is 9.69 Å². The van der Waals surface area contributed by atoms with Crippen molar-refractivity contribution in [2.45, 2.75) is 26.4 Å². The van der Waals surface area contributed by atoms with Gasteiger partial charge in [-0.05, 0) is 31.5 Å². The lowest BCUT2D eigenvalue weighted by molar-refractivity contribution is -0.139. The third kappa shape index (κ3) is 4.41. The second-order valence-electron chi connectivity index (χ2n) is 5.14. The van der Waals surface area contributed by atoms with Gasteiger partial charge in [0, 0.05) is 10.5 Å². The quantitative estimate of drug-likeness (QED) is 0.838. The highest BCUT2D eigenvalue weighted by molar-refractivity contribution is 9.10. The van der Waals surface area contributed by atoms with E-state index in [4.69, 9.17) is 5.11 Å². The van der Waals surface area contributed by atoms with E-state index in [1.54, 1.807) is 6.20 Å². The zero-order chi connectivity index (χ0) is 15.4. The number of nitrogens with one attached hydrogen (secondary N) is 1. The number of benzene rings is 1. The van der Waals surface area contributed by atoms with Crippen molar-refractivity contribution in [3.05, 3.63) is 40.8 Å². The van der Waals surface area contributed by atoms with Crippen LogP contribution in [0.1, 0.15) is 19.7 Å². The molecule has 1 aromatic carbocycles. The largest absolute Gasteiger partial charge is 0.480 e. The van der Waals surface area contributed by atoms with E-state index in [0.717, 1.165) is 21.6 Å². The second kappa shape index (κ2) is 6.87. The van der Waals surface area contributed by atoms with Crippen LogP contribution in [0, 0.1) is 0 Å². The number of nitrogens with zero attached hydrogens (tertiary/aromatic N) is 2. The topological polar surface area (TPSA) is 69.2 Å². The molecular weight excluding hydrogens is 334 g/mol. The van der Waals surface area contributed by atoms with E-state index in [1.165, 1.54) is 0 Å². The van der Waals surface area contributed by atoms with Crippen molar-refractivity contribution in [1.82, 2.24) is 14.9 Å². The van der Waals surface area contributed by atoms with Gasteiger partial charge in [0.25, 0.3) is 0 Å². The summed E-state index contributed by atoms with van der Waals surface area (Å²) in [6.45, 7) is 4.44. The van der Waals surface area contributed by atoms with E-state index in [2.05, 4.69) is 25.9 Å². The van der Waals surface area contributed by atoms with E-state index in [1.807, 2.05) is 43.0 Å². The number of rotatable bonds is 6. The van der Waals surface area contributed by atoms with E-state index in [9.17, 15) is 4.79 Å². The number of halogens is 1. The number of aliphatic carboxylic acids is 1. The van der Waals surface area contributed by atoms with Gasteiger partial charge in [0.15, 0.2) is 0 Å². The summed E-state index contributed by atoms with van der Waals surface area (Å²) >= 11 is 3.41. The Morgan fingerprint density at radius 1 is 1.38 bits per heavy atom. The maximum atomic E-state index is 10.9. The van der Waals surface area contributed by atoms with Crippen LogP contribution in [0.4, 0.5) is 0 Å². The summed E-state index contributed by atoms with van der Waals surface area (Å²) in [6.07, 6.45) is 1.78. The van der Waals surface area contributed by atoms with Crippen LogP contribution in [0.3, 0.4) is 0 Å². The van der Waals surface area contributed by atoms with Crippen LogP contribution in [0.2, 0.25) is 0 Å². The van der Waals surface area contributed by atoms with Gasteiger partial charge in [-0.15, -0.1) is 0 Å². The summed E-state index contributed by atoms with van der Waals surface area (Å²) < 4.78 is 1.03. The molecule has 0 radical (unpaired) electrons. The van der Waals surface area contributed by atoms with Crippen molar-refractivity contribution < 1.29 is 9.90 Å². The molecule has 112 valence electrons. The van der Waals surface area contributed by atoms with Crippen LogP contribution in [-0.2, 0) is 11.3 Å². The minimum atomic E-state index is -0.830. The summed E-state index contributed by atoms with van der Waals surface area (Å²) in [4.78, 5) is 20.3. The van der Waals surface area contributed by atoms with E-state index >= 15 is 0 Å². The van der Waals surface area contributed by atoms with E-state index < -0.39 is 5.97 Å². The Bertz CT molecular complexity index is 608. The minimum Gasteiger partial charge on any atom is -0.480 e. The predicted octanol–water partition coefficient (Wildman–Crippen LogP) is 3.13. The van der Waals surface area contributed by atoms with Crippen LogP contribution < -0.4 is 0 Å². The lowest BCUT2D eigenvalue weighted by atomic mass is 10.2. The van der Waals surface area contributed by atoms with Gasteiger partial charge in [0.05, 0.1) is 25.0 Å². The van der Waals surface area contributed by atoms with Gasteiger partial charge in [-0.1, -0.05) is 28.1 Å². The molecule has 0 aliphatic carbocycles. The molecule has 0 aliphatic rings. The monoisotopic (exact) mass is 351 g/mol. The van der Waals surface area contributed by atoms with Crippen molar-refractivity contribution in [3.63, 3.8) is 0 Å². The number of hydrogen-bond acceptors (Lipinski definition) is 3. The molecule has 0 saturated carbocycles. The Morgan fingerprint density at radius 2 is 2.05 bits per heavy atom. The first kappa shape index (κ1) is 15.7. The lowest BCUT2D eigenvalue weighted by Crippen LogP contribution is -2.35. The molecule has 0 fully saturated rings. The maximum absolute atomic E-state index is 10.9. The molecule has 1 aromatic heterocycles. The summed E-state index contributed by atoms with van der Waals surface area (Å²) in [7, 11) is 0. The number of imidazole rings is 1. The summed E-state index contributed by atoms with van der Waals surface area (Å²) in [5, 5.41) is 8.94. The molecule has 2 aromatic rings. The Hall–Kier alpha value is -1.66. The molecule has 6 heteroatoms. The van der Waals surface area contributed by atoms with Crippen LogP contribution in [0.15, 0.2) is 34.9 Å². The minimum absolute atomic E-state index is 0.00594. The highest BCUT2D eigenvalue weighted by Gasteiger charge is 2.15. The smallest absolute Gasteiger partial charge is 0.317 e. The molecule has 2 N–H and O–H groups in total. The third-order valence-corrected chi connectivity index (χ3v) is 3.73. The van der Waals surface area contributed by atoms with Crippen molar-refractivity contribution in [3.8, 4) is 11.3 Å². The lowest BCUT2D eigenvalue weighted by Gasteiger charge is -2.23. The van der Waals surface area contributed by atoms with Crippen molar-refractivity contribution in [1.29, 1.82) is 0 Å². The van der Waals surface area contributed by atoms with Crippen molar-refractivity contribution in [2.75, 3.05) is 6.54 Å². The van der Waals surface area contributed by atoms with Gasteiger partial charge >= 0.3 is 5.97 Å². The summed E-state index contributed by atoms with van der Waals surface area (Å²) in [5.41, 5.74) is 1.97. The first-order valence-electron chi connectivity index (χ1n) is 6.71. The molecule has 0 saturated heterocycles. The molecule has 0 atom stereocenters. The molecule has 0 aliphatic heterocycles. The zero-order valence-electron chi connectivity index (χ0n) is 12.0. The Labute approximate surface area is 132 Å². The Balaban J connectivity index is 2.11. The Morgan fingerprint density at radius 3 is 2.62 bits per heavy atom. The normalized spacial score (nSPS) is 11.3. The molecule has 0 amide bonds. The van der Waals surface area contributed by atoms with Gasteiger partial charge in [-0.2, -0.15) is 0 Å². The number of hydrogen-bond donors (Lipinski definition) is 2. The highest BCUT2D eigenvalue weighted by atomic mass is 79.9. The fourth-order valence-corrected chi connectivity index (χ4v) is 2.27. The number of carboxylic acids is 1. The summed E-state index contributed by atoms with van der Waals surface area (Å²) in [6, 6.07) is 8.08.